The van der Waals surface area contributed by atoms with Crippen LogP contribution in [0, 0.1) is 0 Å². The van der Waals surface area contributed by atoms with Crippen LogP contribution in [-0.2, 0) is 9.53 Å². The second kappa shape index (κ2) is 7.22. The smallest absolute Gasteiger partial charge is 0.252 e. The first-order chi connectivity index (χ1) is 13.9. The number of benzene rings is 1. The fourth-order valence-electron chi connectivity index (χ4n) is 3.57. The van der Waals surface area contributed by atoms with Crippen molar-refractivity contribution < 1.29 is 19.4 Å². The maximum absolute atomic E-state index is 12.5. The minimum absolute atomic E-state index is 0.175. The summed E-state index contributed by atoms with van der Waals surface area (Å²) in [5.41, 5.74) is 1.92. The highest BCUT2D eigenvalue weighted by atomic mass is 35.5. The van der Waals surface area contributed by atoms with Crippen molar-refractivity contribution in [2.24, 2.45) is 0 Å². The maximum atomic E-state index is 12.5. The summed E-state index contributed by atoms with van der Waals surface area (Å²) in [6.45, 7) is 1.93. The lowest BCUT2D eigenvalue weighted by atomic mass is 9.95. The molecular weight excluding hydrogens is 396 g/mol. The number of carbonyl (C=O) groups is 1. The Bertz CT molecular complexity index is 1100. The van der Waals surface area contributed by atoms with Gasteiger partial charge in [-0.3, -0.25) is 4.79 Å². The van der Waals surface area contributed by atoms with E-state index in [0.29, 0.717) is 44.3 Å². The number of hydrogen-bond donors (Lipinski definition) is 4. The van der Waals surface area contributed by atoms with Crippen LogP contribution in [0.25, 0.3) is 11.0 Å². The van der Waals surface area contributed by atoms with Gasteiger partial charge in [-0.1, -0.05) is 17.7 Å². The van der Waals surface area contributed by atoms with E-state index in [1.165, 1.54) is 7.11 Å². The van der Waals surface area contributed by atoms with Crippen LogP contribution in [-0.4, -0.2) is 47.3 Å². The topological polar surface area (TPSA) is 108 Å². The molecule has 3 aromatic rings. The number of anilines is 2. The van der Waals surface area contributed by atoms with Crippen LogP contribution in [0.15, 0.2) is 30.6 Å². The Kier molecular flexibility index (Phi) is 4.85. The van der Waals surface area contributed by atoms with Gasteiger partial charge in [-0.2, -0.15) is 0 Å². The molecule has 1 unspecified atom stereocenters. The Balaban J connectivity index is 1.84. The van der Waals surface area contributed by atoms with Crippen molar-refractivity contribution in [3.8, 4) is 5.75 Å². The predicted octanol–water partition coefficient (Wildman–Crippen LogP) is 3.08. The number of carbonyl (C=O) groups excluding carboxylic acids is 1. The molecule has 2 atom stereocenters. The molecule has 0 radical (unpaired) electrons. The first-order valence-corrected chi connectivity index (χ1v) is 9.36. The lowest BCUT2D eigenvalue weighted by Gasteiger charge is -2.35. The van der Waals surface area contributed by atoms with Gasteiger partial charge in [0.25, 0.3) is 5.91 Å². The van der Waals surface area contributed by atoms with E-state index in [2.05, 4.69) is 20.6 Å². The molecular formula is C20H21ClN4O4. The highest BCUT2D eigenvalue weighted by molar-refractivity contribution is 6.31. The van der Waals surface area contributed by atoms with E-state index in [4.69, 9.17) is 21.1 Å². The van der Waals surface area contributed by atoms with Gasteiger partial charge in [0.05, 0.1) is 41.7 Å². The monoisotopic (exact) mass is 416 g/mol. The lowest BCUT2D eigenvalue weighted by molar-refractivity contribution is -0.121. The minimum Gasteiger partial charge on any atom is -0.497 e. The highest BCUT2D eigenvalue weighted by Gasteiger charge is 2.39. The van der Waals surface area contributed by atoms with Gasteiger partial charge >= 0.3 is 0 Å². The summed E-state index contributed by atoms with van der Waals surface area (Å²) in [7, 11) is 3.09. The Morgan fingerprint density at radius 3 is 2.79 bits per heavy atom. The number of amides is 1. The normalized spacial score (nSPS) is 19.4. The number of fused-ring (bicyclic) bond motifs is 3. The van der Waals surface area contributed by atoms with E-state index >= 15 is 0 Å². The van der Waals surface area contributed by atoms with Crippen molar-refractivity contribution >= 4 is 39.9 Å². The largest absolute Gasteiger partial charge is 0.497 e. The molecule has 0 saturated heterocycles. The number of aromatic amines is 1. The van der Waals surface area contributed by atoms with Gasteiger partial charge in [0, 0.05) is 24.4 Å². The number of rotatable bonds is 5. The Hall–Kier alpha value is -2.81. The second-order valence-corrected chi connectivity index (χ2v) is 7.56. The number of nitrogens with one attached hydrogen (secondary N) is 3. The molecule has 2 aromatic heterocycles. The minimum atomic E-state index is -1.01. The van der Waals surface area contributed by atoms with Crippen LogP contribution in [0.1, 0.15) is 24.2 Å². The number of aliphatic hydroxyl groups excluding tert-OH is 1. The van der Waals surface area contributed by atoms with Crippen LogP contribution in [0.5, 0.6) is 5.75 Å². The number of aromatic nitrogens is 2. The zero-order valence-corrected chi connectivity index (χ0v) is 16.9. The SMILES string of the molecule is COC[C@]1(C)Nc2c(cnc3[nH]cc(C(O)c4ccc(OC)cc4Cl)c23)NC1=O. The van der Waals surface area contributed by atoms with Crippen molar-refractivity contribution in [3.63, 3.8) is 0 Å². The molecule has 0 aliphatic carbocycles. The molecule has 1 amide bonds. The average Bonchev–Trinajstić information content (AvgIpc) is 3.13. The van der Waals surface area contributed by atoms with Crippen molar-refractivity contribution in [1.82, 2.24) is 9.97 Å². The molecule has 1 aromatic carbocycles. The molecule has 0 bridgehead atoms. The molecule has 4 rings (SSSR count). The van der Waals surface area contributed by atoms with E-state index in [1.807, 2.05) is 0 Å². The van der Waals surface area contributed by atoms with Gasteiger partial charge in [-0.25, -0.2) is 4.98 Å². The number of hydrogen-bond acceptors (Lipinski definition) is 6. The predicted molar refractivity (Wildman–Crippen MR) is 111 cm³/mol. The molecule has 3 heterocycles. The van der Waals surface area contributed by atoms with Gasteiger partial charge in [-0.05, 0) is 19.1 Å². The molecule has 29 heavy (non-hydrogen) atoms. The van der Waals surface area contributed by atoms with Crippen LogP contribution in [0.2, 0.25) is 5.02 Å². The molecule has 9 heteroatoms. The molecule has 152 valence electrons. The van der Waals surface area contributed by atoms with E-state index < -0.39 is 11.6 Å². The van der Waals surface area contributed by atoms with Crippen LogP contribution >= 0.6 is 11.6 Å². The molecule has 1 aliphatic heterocycles. The summed E-state index contributed by atoms with van der Waals surface area (Å²) in [5, 5.41) is 18.3. The summed E-state index contributed by atoms with van der Waals surface area (Å²) in [6.07, 6.45) is 2.25. The summed E-state index contributed by atoms with van der Waals surface area (Å²) in [5.74, 6) is 0.382. The summed E-state index contributed by atoms with van der Waals surface area (Å²) < 4.78 is 10.4. The van der Waals surface area contributed by atoms with Crippen molar-refractivity contribution in [2.75, 3.05) is 31.5 Å². The average molecular weight is 417 g/mol. The third-order valence-electron chi connectivity index (χ3n) is 5.11. The number of pyridine rings is 1. The van der Waals surface area contributed by atoms with Gasteiger partial charge < -0.3 is 30.2 Å². The van der Waals surface area contributed by atoms with E-state index in [9.17, 15) is 9.90 Å². The number of H-pyrrole nitrogens is 1. The van der Waals surface area contributed by atoms with Crippen molar-refractivity contribution in [3.05, 3.63) is 46.7 Å². The van der Waals surface area contributed by atoms with E-state index in [0.717, 1.165) is 0 Å². The third-order valence-corrected chi connectivity index (χ3v) is 5.44. The molecule has 1 aliphatic rings. The summed E-state index contributed by atoms with van der Waals surface area (Å²) >= 11 is 6.37. The molecule has 8 nitrogen and oxygen atoms in total. The summed E-state index contributed by atoms with van der Waals surface area (Å²) in [4.78, 5) is 20.0. The zero-order chi connectivity index (χ0) is 20.8. The molecule has 0 spiro atoms. The first-order valence-electron chi connectivity index (χ1n) is 8.98. The fraction of sp³-hybridized carbons (Fsp3) is 0.300. The lowest BCUT2D eigenvalue weighted by Crippen LogP contribution is -2.53. The highest BCUT2D eigenvalue weighted by Crippen LogP contribution is 2.41. The number of methoxy groups -OCH3 is 2. The Morgan fingerprint density at radius 1 is 1.31 bits per heavy atom. The molecule has 0 fully saturated rings. The van der Waals surface area contributed by atoms with Crippen LogP contribution in [0.3, 0.4) is 0 Å². The molecule has 4 N–H and O–H groups in total. The Labute approximate surface area is 172 Å². The van der Waals surface area contributed by atoms with E-state index in [-0.39, 0.29) is 12.5 Å². The fourth-order valence-corrected chi connectivity index (χ4v) is 3.84. The first kappa shape index (κ1) is 19.5. The van der Waals surface area contributed by atoms with Gasteiger partial charge in [-0.15, -0.1) is 0 Å². The zero-order valence-electron chi connectivity index (χ0n) is 16.2. The number of aliphatic hydroxyl groups is 1. The van der Waals surface area contributed by atoms with Crippen molar-refractivity contribution in [2.45, 2.75) is 18.6 Å². The van der Waals surface area contributed by atoms with Gasteiger partial charge in [0.2, 0.25) is 0 Å². The van der Waals surface area contributed by atoms with Gasteiger partial charge in [0.1, 0.15) is 23.0 Å². The van der Waals surface area contributed by atoms with Crippen LogP contribution < -0.4 is 15.4 Å². The number of halogens is 1. The Morgan fingerprint density at radius 2 is 2.10 bits per heavy atom. The maximum Gasteiger partial charge on any atom is 0.252 e. The second-order valence-electron chi connectivity index (χ2n) is 7.15. The summed E-state index contributed by atoms with van der Waals surface area (Å²) in [6, 6.07) is 5.11. The number of nitrogens with zero attached hydrogens (tertiary/aromatic N) is 1. The van der Waals surface area contributed by atoms with Gasteiger partial charge in [0.15, 0.2) is 0 Å². The molecule has 0 saturated carbocycles. The quantitative estimate of drug-likeness (QED) is 0.509. The van der Waals surface area contributed by atoms with Crippen LogP contribution in [0.4, 0.5) is 11.4 Å². The van der Waals surface area contributed by atoms with Crippen molar-refractivity contribution in [1.29, 1.82) is 0 Å². The van der Waals surface area contributed by atoms with E-state index in [1.54, 1.807) is 44.6 Å². The number of ether oxygens (including phenoxy) is 2. The standard InChI is InChI=1S/C20H21ClN4O4/c1-20(9-28-2)19(27)24-14-8-23-18-15(16(14)25-20)12(7-22-18)17(26)11-5-4-10(29-3)6-13(11)21/h4-8,17,25-26H,9H2,1-3H3,(H,22,23)(H,24,27)/t17?,20-/m0/s1. The third kappa shape index (κ3) is 3.19.